The van der Waals surface area contributed by atoms with Crippen LogP contribution in [0.4, 0.5) is 0 Å². The van der Waals surface area contributed by atoms with Crippen LogP contribution in [0.25, 0.3) is 0 Å². The van der Waals surface area contributed by atoms with E-state index in [4.69, 9.17) is 5.90 Å². The van der Waals surface area contributed by atoms with Gasteiger partial charge in [0.15, 0.2) is 0 Å². The first-order chi connectivity index (χ1) is 7.03. The maximum absolute atomic E-state index is 11.3. The van der Waals surface area contributed by atoms with Gasteiger partial charge in [0.1, 0.15) is 0 Å². The summed E-state index contributed by atoms with van der Waals surface area (Å²) in [7, 11) is -3.44. The Hall–Kier alpha value is -1.16. The van der Waals surface area contributed by atoms with Crippen LogP contribution >= 0.6 is 7.60 Å². The Morgan fingerprint density at radius 2 is 2.00 bits per heavy atom. The van der Waals surface area contributed by atoms with Crippen molar-refractivity contribution in [2.45, 2.75) is 6.42 Å². The van der Waals surface area contributed by atoms with Gasteiger partial charge in [-0.1, -0.05) is 30.3 Å². The molecule has 2 N–H and O–H groups in total. The van der Waals surface area contributed by atoms with Gasteiger partial charge in [0.25, 0.3) is 0 Å². The van der Waals surface area contributed by atoms with Gasteiger partial charge in [0.2, 0.25) is 0 Å². The van der Waals surface area contributed by atoms with E-state index in [0.717, 1.165) is 12.2 Å². The van der Waals surface area contributed by atoms with Crippen molar-refractivity contribution in [3.05, 3.63) is 35.9 Å². The summed E-state index contributed by atoms with van der Waals surface area (Å²) in [5.74, 6) is 4.08. The first-order valence-electron chi connectivity index (χ1n) is 4.26. The van der Waals surface area contributed by atoms with Gasteiger partial charge in [-0.25, -0.2) is 15.1 Å². The molecule has 0 radical (unpaired) electrons. The number of carbonyl (C=O) groups is 1. The number of rotatable bonds is 4. The second-order valence-electron chi connectivity index (χ2n) is 3.00. The lowest BCUT2D eigenvalue weighted by molar-refractivity contribution is -0.134. The van der Waals surface area contributed by atoms with Crippen LogP contribution < -0.4 is 5.90 Å². The largest absolute Gasteiger partial charge is 0.394 e. The molecule has 5 nitrogen and oxygen atoms in total. The Labute approximate surface area is 87.7 Å². The molecule has 15 heavy (non-hydrogen) atoms. The summed E-state index contributed by atoms with van der Waals surface area (Å²) < 4.78 is 19.8. The quantitative estimate of drug-likeness (QED) is 0.625. The lowest BCUT2D eigenvalue weighted by Gasteiger charge is -2.09. The first-order valence-corrected chi connectivity index (χ1v) is 6.25. The second-order valence-corrected chi connectivity index (χ2v) is 4.94. The van der Waals surface area contributed by atoms with Crippen molar-refractivity contribution in [2.75, 3.05) is 6.66 Å². The molecule has 1 atom stereocenters. The number of hydrogen-bond donors (Lipinski definition) is 1. The summed E-state index contributed by atoms with van der Waals surface area (Å²) in [6.07, 6.45) is 0.0437. The summed E-state index contributed by atoms with van der Waals surface area (Å²) >= 11 is 0. The average Bonchev–Trinajstić information content (AvgIpc) is 2.18. The van der Waals surface area contributed by atoms with Crippen LogP contribution in [0.3, 0.4) is 0 Å². The van der Waals surface area contributed by atoms with E-state index in [2.05, 4.69) is 9.15 Å². The van der Waals surface area contributed by atoms with Gasteiger partial charge in [-0.05, 0) is 5.56 Å². The molecular formula is C9H12NO4P. The molecule has 0 aliphatic heterocycles. The highest BCUT2D eigenvalue weighted by atomic mass is 31.2. The molecule has 1 aromatic carbocycles. The van der Waals surface area contributed by atoms with Crippen molar-refractivity contribution in [1.82, 2.24) is 0 Å². The molecule has 1 unspecified atom stereocenters. The molecule has 82 valence electrons. The standard InChI is InChI=1S/C9H12NO4P/c1-15(12,14-10)13-9(11)7-8-5-3-2-4-6-8/h2-6H,7,10H2,1H3. The molecule has 6 heteroatoms. The van der Waals surface area contributed by atoms with Gasteiger partial charge in [-0.2, -0.15) is 0 Å². The predicted octanol–water partition coefficient (Wildman–Crippen LogP) is 1.49. The summed E-state index contributed by atoms with van der Waals surface area (Å²) in [6, 6.07) is 8.97. The van der Waals surface area contributed by atoms with Crippen LogP contribution in [-0.4, -0.2) is 12.6 Å². The Bertz CT molecular complexity index is 379. The number of benzene rings is 1. The van der Waals surface area contributed by atoms with Crippen molar-refractivity contribution < 1.29 is 18.5 Å². The van der Waals surface area contributed by atoms with E-state index in [1.54, 1.807) is 24.3 Å². The topological polar surface area (TPSA) is 78.6 Å². The van der Waals surface area contributed by atoms with E-state index < -0.39 is 13.6 Å². The van der Waals surface area contributed by atoms with E-state index in [1.807, 2.05) is 6.07 Å². The lowest BCUT2D eigenvalue weighted by Crippen LogP contribution is -2.09. The fourth-order valence-corrected chi connectivity index (χ4v) is 1.48. The predicted molar refractivity (Wildman–Crippen MR) is 55.0 cm³/mol. The highest BCUT2D eigenvalue weighted by Gasteiger charge is 2.20. The van der Waals surface area contributed by atoms with Gasteiger partial charge < -0.3 is 4.52 Å². The molecule has 0 saturated heterocycles. The fourth-order valence-electron chi connectivity index (χ4n) is 1.00. The van der Waals surface area contributed by atoms with Crippen molar-refractivity contribution in [1.29, 1.82) is 0 Å². The smallest absolute Gasteiger partial charge is 0.391 e. The molecule has 0 bridgehead atoms. The Morgan fingerprint density at radius 1 is 1.40 bits per heavy atom. The molecule has 0 fully saturated rings. The summed E-state index contributed by atoms with van der Waals surface area (Å²) in [4.78, 5) is 11.3. The van der Waals surface area contributed by atoms with Crippen molar-refractivity contribution in [3.63, 3.8) is 0 Å². The third kappa shape index (κ3) is 4.25. The first kappa shape index (κ1) is 11.9. The maximum Gasteiger partial charge on any atom is 0.394 e. The van der Waals surface area contributed by atoms with Crippen LogP contribution in [0.2, 0.25) is 0 Å². The number of carbonyl (C=O) groups excluding carboxylic acids is 1. The van der Waals surface area contributed by atoms with Crippen molar-refractivity contribution in [3.8, 4) is 0 Å². The van der Waals surface area contributed by atoms with Crippen LogP contribution in [0.5, 0.6) is 0 Å². The van der Waals surface area contributed by atoms with Gasteiger partial charge in [0, 0.05) is 0 Å². The van der Waals surface area contributed by atoms with E-state index in [9.17, 15) is 9.36 Å². The minimum Gasteiger partial charge on any atom is -0.391 e. The molecule has 0 heterocycles. The van der Waals surface area contributed by atoms with Crippen LogP contribution in [-0.2, 0) is 24.9 Å². The zero-order valence-electron chi connectivity index (χ0n) is 8.25. The van der Waals surface area contributed by atoms with E-state index in [-0.39, 0.29) is 6.42 Å². The van der Waals surface area contributed by atoms with Crippen molar-refractivity contribution >= 4 is 13.6 Å². The highest BCUT2D eigenvalue weighted by Crippen LogP contribution is 2.41. The molecule has 0 amide bonds. The maximum atomic E-state index is 11.3. The lowest BCUT2D eigenvalue weighted by atomic mass is 10.2. The monoisotopic (exact) mass is 229 g/mol. The minimum absolute atomic E-state index is 0.0437. The summed E-state index contributed by atoms with van der Waals surface area (Å²) in [5, 5.41) is 0. The van der Waals surface area contributed by atoms with E-state index >= 15 is 0 Å². The highest BCUT2D eigenvalue weighted by molar-refractivity contribution is 7.53. The Morgan fingerprint density at radius 3 is 2.53 bits per heavy atom. The molecular weight excluding hydrogens is 217 g/mol. The average molecular weight is 229 g/mol. The molecule has 0 aromatic heterocycles. The molecule has 0 saturated carbocycles. The number of nitrogens with two attached hydrogens (primary N) is 1. The van der Waals surface area contributed by atoms with Gasteiger partial charge >= 0.3 is 13.6 Å². The molecule has 0 aliphatic rings. The van der Waals surface area contributed by atoms with Crippen LogP contribution in [0, 0.1) is 0 Å². The third-order valence-corrected chi connectivity index (χ3v) is 2.57. The minimum atomic E-state index is -3.44. The van der Waals surface area contributed by atoms with E-state index in [1.165, 1.54) is 0 Å². The van der Waals surface area contributed by atoms with Gasteiger partial charge in [-0.15, -0.1) is 0 Å². The fraction of sp³-hybridized carbons (Fsp3) is 0.222. The second kappa shape index (κ2) is 5.07. The molecule has 1 rings (SSSR count). The zero-order chi connectivity index (χ0) is 11.3. The molecule has 0 aliphatic carbocycles. The molecule has 0 spiro atoms. The van der Waals surface area contributed by atoms with Crippen molar-refractivity contribution in [2.24, 2.45) is 5.90 Å². The normalized spacial score (nSPS) is 14.3. The summed E-state index contributed by atoms with van der Waals surface area (Å²) in [5.41, 5.74) is 0.777. The Kier molecular flexibility index (Phi) is 4.03. The van der Waals surface area contributed by atoms with Crippen LogP contribution in [0.15, 0.2) is 30.3 Å². The molecule has 1 aromatic rings. The zero-order valence-corrected chi connectivity index (χ0v) is 9.15. The summed E-state index contributed by atoms with van der Waals surface area (Å²) in [6.45, 7) is 1.13. The SMILES string of the molecule is CP(=O)(ON)OC(=O)Cc1ccccc1. The van der Waals surface area contributed by atoms with Gasteiger partial charge in [0.05, 0.1) is 13.1 Å². The number of hydrogen-bond acceptors (Lipinski definition) is 5. The van der Waals surface area contributed by atoms with E-state index in [0.29, 0.717) is 0 Å². The van der Waals surface area contributed by atoms with Crippen LogP contribution in [0.1, 0.15) is 5.56 Å². The Balaban J connectivity index is 2.54. The third-order valence-electron chi connectivity index (χ3n) is 1.65. The van der Waals surface area contributed by atoms with Gasteiger partial charge in [-0.3, -0.25) is 4.79 Å².